The van der Waals surface area contributed by atoms with Crippen molar-refractivity contribution in [2.45, 2.75) is 78.3 Å². The Kier molecular flexibility index (Phi) is 13.0. The molecule has 2 aliphatic rings. The molecule has 0 aromatic heterocycles. The molecule has 2 aliphatic heterocycles. The number of halogens is 3. The summed E-state index contributed by atoms with van der Waals surface area (Å²) in [5.41, 5.74) is -2.47. The molecule has 24 heavy (non-hydrogen) atoms. The van der Waals surface area contributed by atoms with Gasteiger partial charge in [0.25, 0.3) is 0 Å². The summed E-state index contributed by atoms with van der Waals surface area (Å²) in [4.78, 5) is 3.76. The lowest BCUT2D eigenvalue weighted by Crippen LogP contribution is -2.46. The molecule has 148 valence electrons. The second-order valence-corrected chi connectivity index (χ2v) is 6.05. The standard InChI is InChI=1S/C7H15NO.C6H10F3NO.2C2H6/c1-6(2)8-4-3-7(9)5-8;1-10-3-2-5(11,4-10)6(7,8)9;2*1-2/h6-7,9H,3-5H2,1-2H3;11H,2-4H2,1H3;2*1-2H3. The van der Waals surface area contributed by atoms with Crippen LogP contribution in [-0.4, -0.2) is 77.2 Å². The van der Waals surface area contributed by atoms with Crippen molar-refractivity contribution in [3.05, 3.63) is 0 Å². The zero-order chi connectivity index (χ0) is 19.6. The summed E-state index contributed by atoms with van der Waals surface area (Å²) in [7, 11) is 1.56. The Hall–Kier alpha value is -0.370. The highest BCUT2D eigenvalue weighted by Gasteiger charge is 2.56. The van der Waals surface area contributed by atoms with Crippen molar-refractivity contribution in [2.75, 3.05) is 33.2 Å². The molecule has 0 bridgehead atoms. The first-order valence-electron chi connectivity index (χ1n) is 8.95. The zero-order valence-electron chi connectivity index (χ0n) is 16.3. The molecule has 0 spiro atoms. The first kappa shape index (κ1) is 25.9. The van der Waals surface area contributed by atoms with Crippen molar-refractivity contribution in [1.82, 2.24) is 9.80 Å². The second-order valence-electron chi connectivity index (χ2n) is 6.05. The highest BCUT2D eigenvalue weighted by molar-refractivity contribution is 4.94. The monoisotopic (exact) mass is 358 g/mol. The first-order chi connectivity index (χ1) is 11.0. The Balaban J connectivity index is 0. The van der Waals surface area contributed by atoms with E-state index in [0.29, 0.717) is 12.6 Å². The smallest absolute Gasteiger partial charge is 0.392 e. The van der Waals surface area contributed by atoms with E-state index in [-0.39, 0.29) is 19.1 Å². The third kappa shape index (κ3) is 8.65. The van der Waals surface area contributed by atoms with Gasteiger partial charge < -0.3 is 15.1 Å². The number of likely N-dealkylation sites (N-methyl/N-ethyl adjacent to an activating group) is 1. The van der Waals surface area contributed by atoms with E-state index in [1.165, 1.54) is 4.90 Å². The van der Waals surface area contributed by atoms with Gasteiger partial charge in [-0.3, -0.25) is 4.90 Å². The third-order valence-corrected chi connectivity index (χ3v) is 3.89. The number of nitrogens with zero attached hydrogens (tertiary/aromatic N) is 2. The predicted octanol–water partition coefficient (Wildman–Crippen LogP) is 3.13. The Bertz CT molecular complexity index is 315. The fourth-order valence-electron chi connectivity index (χ4n) is 2.45. The van der Waals surface area contributed by atoms with E-state index in [0.717, 1.165) is 19.5 Å². The van der Waals surface area contributed by atoms with Gasteiger partial charge >= 0.3 is 6.18 Å². The molecule has 2 heterocycles. The summed E-state index contributed by atoms with van der Waals surface area (Å²) in [6.07, 6.45) is -3.81. The SMILES string of the molecule is CC.CC.CC(C)N1CCC(O)C1.CN1CCC(O)(C(F)(F)F)C1. The lowest BCUT2D eigenvalue weighted by molar-refractivity contribution is -0.253. The highest BCUT2D eigenvalue weighted by Crippen LogP contribution is 2.36. The number of β-amino-alcohol motifs (C(OH)–C–C–N with tert-alkyl or cyclic N) is 2. The molecule has 0 aromatic rings. The van der Waals surface area contributed by atoms with Crippen LogP contribution in [0, 0.1) is 0 Å². The molecule has 2 rings (SSSR count). The van der Waals surface area contributed by atoms with Crippen LogP contribution >= 0.6 is 0 Å². The van der Waals surface area contributed by atoms with Gasteiger partial charge in [-0.2, -0.15) is 13.2 Å². The van der Waals surface area contributed by atoms with Crippen LogP contribution in [0.4, 0.5) is 13.2 Å². The van der Waals surface area contributed by atoms with Crippen molar-refractivity contribution in [1.29, 1.82) is 0 Å². The fraction of sp³-hybridized carbons (Fsp3) is 1.00. The van der Waals surface area contributed by atoms with Crippen molar-refractivity contribution >= 4 is 0 Å². The van der Waals surface area contributed by atoms with E-state index in [4.69, 9.17) is 10.2 Å². The Morgan fingerprint density at radius 2 is 1.58 bits per heavy atom. The molecular weight excluding hydrogens is 321 g/mol. The maximum Gasteiger partial charge on any atom is 0.418 e. The van der Waals surface area contributed by atoms with Gasteiger partial charge in [0.05, 0.1) is 6.10 Å². The topological polar surface area (TPSA) is 46.9 Å². The Labute approximate surface area is 145 Å². The van der Waals surface area contributed by atoms with Gasteiger partial charge in [0.2, 0.25) is 0 Å². The van der Waals surface area contributed by atoms with Crippen LogP contribution in [0.1, 0.15) is 54.4 Å². The molecule has 2 unspecified atom stereocenters. The lowest BCUT2D eigenvalue weighted by atomic mass is 10.0. The number of rotatable bonds is 1. The molecule has 2 atom stereocenters. The number of aliphatic hydroxyl groups excluding tert-OH is 1. The van der Waals surface area contributed by atoms with Crippen LogP contribution in [0.5, 0.6) is 0 Å². The van der Waals surface area contributed by atoms with E-state index in [2.05, 4.69) is 18.7 Å². The summed E-state index contributed by atoms with van der Waals surface area (Å²) >= 11 is 0. The van der Waals surface area contributed by atoms with Crippen LogP contribution in [0.25, 0.3) is 0 Å². The van der Waals surface area contributed by atoms with E-state index in [1.807, 2.05) is 27.7 Å². The van der Waals surface area contributed by atoms with E-state index < -0.39 is 11.8 Å². The molecule has 0 radical (unpaired) electrons. The molecule has 4 nitrogen and oxygen atoms in total. The maximum atomic E-state index is 12.0. The number of likely N-dealkylation sites (tertiary alicyclic amines) is 2. The quantitative estimate of drug-likeness (QED) is 0.756. The van der Waals surface area contributed by atoms with Crippen molar-refractivity contribution in [3.8, 4) is 0 Å². The summed E-state index contributed by atoms with van der Waals surface area (Å²) in [6, 6.07) is 0.599. The Morgan fingerprint density at radius 1 is 1.08 bits per heavy atom. The summed E-state index contributed by atoms with van der Waals surface area (Å²) < 4.78 is 36.1. The maximum absolute atomic E-state index is 12.0. The zero-order valence-corrected chi connectivity index (χ0v) is 16.3. The van der Waals surface area contributed by atoms with E-state index >= 15 is 0 Å². The van der Waals surface area contributed by atoms with Gasteiger partial charge in [-0.1, -0.05) is 27.7 Å². The third-order valence-electron chi connectivity index (χ3n) is 3.89. The van der Waals surface area contributed by atoms with Gasteiger partial charge in [-0.15, -0.1) is 0 Å². The van der Waals surface area contributed by atoms with Crippen LogP contribution in [0.2, 0.25) is 0 Å². The van der Waals surface area contributed by atoms with E-state index in [1.54, 1.807) is 7.05 Å². The first-order valence-corrected chi connectivity index (χ1v) is 8.95. The minimum Gasteiger partial charge on any atom is -0.392 e. The average molecular weight is 358 g/mol. The summed E-state index contributed by atoms with van der Waals surface area (Å²) in [5.74, 6) is 0. The number of hydrogen-bond acceptors (Lipinski definition) is 4. The molecule has 0 saturated carbocycles. The molecular formula is C17H37F3N2O2. The molecule has 2 saturated heterocycles. The summed E-state index contributed by atoms with van der Waals surface area (Å²) in [5, 5.41) is 18.1. The summed E-state index contributed by atoms with van der Waals surface area (Å²) in [6.45, 7) is 14.3. The van der Waals surface area contributed by atoms with Crippen LogP contribution in [0.15, 0.2) is 0 Å². The van der Waals surface area contributed by atoms with Gasteiger partial charge in [0.1, 0.15) is 0 Å². The number of alkyl halides is 3. The van der Waals surface area contributed by atoms with E-state index in [9.17, 15) is 13.2 Å². The largest absolute Gasteiger partial charge is 0.418 e. The molecule has 7 heteroatoms. The van der Waals surface area contributed by atoms with Gasteiger partial charge in [-0.25, -0.2) is 0 Å². The van der Waals surface area contributed by atoms with Crippen LogP contribution in [-0.2, 0) is 0 Å². The number of hydrogen-bond donors (Lipinski definition) is 2. The van der Waals surface area contributed by atoms with Crippen molar-refractivity contribution < 1.29 is 23.4 Å². The molecule has 0 aromatic carbocycles. The predicted molar refractivity (Wildman–Crippen MR) is 93.1 cm³/mol. The van der Waals surface area contributed by atoms with Crippen molar-refractivity contribution in [3.63, 3.8) is 0 Å². The van der Waals surface area contributed by atoms with Gasteiger partial charge in [0.15, 0.2) is 5.60 Å². The minimum absolute atomic E-state index is 0.0626. The molecule has 0 amide bonds. The second kappa shape index (κ2) is 12.1. The average Bonchev–Trinajstić information content (AvgIpc) is 3.10. The molecule has 2 fully saturated rings. The van der Waals surface area contributed by atoms with Gasteiger partial charge in [0, 0.05) is 32.2 Å². The fourth-order valence-corrected chi connectivity index (χ4v) is 2.45. The molecule has 0 aliphatic carbocycles. The normalized spacial score (nSPS) is 27.6. The Morgan fingerprint density at radius 3 is 1.75 bits per heavy atom. The minimum atomic E-state index is -4.49. The molecule has 2 N–H and O–H groups in total. The highest BCUT2D eigenvalue weighted by atomic mass is 19.4. The van der Waals surface area contributed by atoms with Crippen LogP contribution in [0.3, 0.4) is 0 Å². The van der Waals surface area contributed by atoms with Crippen LogP contribution < -0.4 is 0 Å². The number of aliphatic hydroxyl groups is 2. The van der Waals surface area contributed by atoms with Crippen molar-refractivity contribution in [2.24, 2.45) is 0 Å². The van der Waals surface area contributed by atoms with Gasteiger partial charge in [-0.05, 0) is 33.7 Å². The lowest BCUT2D eigenvalue weighted by Gasteiger charge is -2.25.